The van der Waals surface area contributed by atoms with Crippen LogP contribution in [0.3, 0.4) is 0 Å². The van der Waals surface area contributed by atoms with E-state index in [1.54, 1.807) is 0 Å². The van der Waals surface area contributed by atoms with Crippen LogP contribution >= 0.6 is 0 Å². The first-order chi connectivity index (χ1) is 10.5. The summed E-state index contributed by atoms with van der Waals surface area (Å²) in [4.78, 5) is 22.7. The van der Waals surface area contributed by atoms with Gasteiger partial charge in [-0.05, 0) is 6.42 Å². The number of aliphatic hydroxyl groups excluding tert-OH is 2. The number of aliphatic hydroxyl groups is 2. The van der Waals surface area contributed by atoms with Crippen LogP contribution in [0, 0.1) is 12.3 Å². The Morgan fingerprint density at radius 1 is 1.41 bits per heavy atom. The minimum absolute atomic E-state index is 0.0215. The molecule has 8 nitrogen and oxygen atoms in total. The lowest BCUT2D eigenvalue weighted by molar-refractivity contribution is -0.164. The van der Waals surface area contributed by atoms with Crippen molar-refractivity contribution in [2.45, 2.75) is 44.1 Å². The zero-order valence-corrected chi connectivity index (χ0v) is 12.4. The quantitative estimate of drug-likeness (QED) is 0.455. The highest BCUT2D eigenvalue weighted by molar-refractivity contribution is 5.76. The lowest BCUT2D eigenvalue weighted by Crippen LogP contribution is -2.60. The number of hydrogen-bond acceptors (Lipinski definition) is 6. The third kappa shape index (κ3) is 5.52. The number of rotatable bonds is 6. The predicted octanol–water partition coefficient (Wildman–Crippen LogP) is -1.25. The molecule has 4 atom stereocenters. The van der Waals surface area contributed by atoms with E-state index in [1.165, 1.54) is 0 Å². The van der Waals surface area contributed by atoms with Crippen molar-refractivity contribution < 1.29 is 29.3 Å². The smallest absolute Gasteiger partial charge is 0.407 e. The van der Waals surface area contributed by atoms with Gasteiger partial charge in [-0.1, -0.05) is 12.8 Å². The van der Waals surface area contributed by atoms with Crippen molar-refractivity contribution in [3.63, 3.8) is 0 Å². The van der Waals surface area contributed by atoms with Crippen molar-refractivity contribution in [2.75, 3.05) is 19.8 Å². The summed E-state index contributed by atoms with van der Waals surface area (Å²) in [6, 6.07) is -0.694. The summed E-state index contributed by atoms with van der Waals surface area (Å²) in [5, 5.41) is 24.9. The second-order valence-electron chi connectivity index (χ2n) is 4.93. The zero-order valence-electron chi connectivity index (χ0n) is 12.4. The van der Waals surface area contributed by atoms with Gasteiger partial charge in [0, 0.05) is 6.42 Å². The van der Waals surface area contributed by atoms with E-state index < -0.39 is 30.4 Å². The minimum atomic E-state index is -1.28. The molecule has 1 heterocycles. The molecule has 2 amide bonds. The first kappa shape index (κ1) is 18.2. The van der Waals surface area contributed by atoms with Gasteiger partial charge in [-0.2, -0.15) is 0 Å². The summed E-state index contributed by atoms with van der Waals surface area (Å²) < 4.78 is 10.2. The fourth-order valence-electron chi connectivity index (χ4n) is 1.99. The van der Waals surface area contributed by atoms with Gasteiger partial charge in [-0.3, -0.25) is 4.79 Å². The molecule has 0 saturated carbocycles. The molecule has 4 N–H and O–H groups in total. The molecule has 0 aliphatic carbocycles. The Bertz CT molecular complexity index is 422. The van der Waals surface area contributed by atoms with E-state index in [4.69, 9.17) is 15.9 Å². The number of ether oxygens (including phenoxy) is 2. The Hall–Kier alpha value is -1.82. The molecule has 0 bridgehead atoms. The van der Waals surface area contributed by atoms with E-state index in [-0.39, 0.29) is 25.7 Å². The van der Waals surface area contributed by atoms with Crippen molar-refractivity contribution in [1.82, 2.24) is 10.6 Å². The van der Waals surface area contributed by atoms with Gasteiger partial charge in [-0.25, -0.2) is 4.79 Å². The highest BCUT2D eigenvalue weighted by atomic mass is 16.6. The minimum Gasteiger partial charge on any atom is -0.447 e. The molecule has 0 aromatic rings. The first-order valence-electron chi connectivity index (χ1n) is 7.10. The molecule has 8 heteroatoms. The van der Waals surface area contributed by atoms with Crippen molar-refractivity contribution in [2.24, 2.45) is 0 Å². The maximum absolute atomic E-state index is 11.5. The number of carbonyl (C=O) groups is 2. The van der Waals surface area contributed by atoms with Gasteiger partial charge in [0.25, 0.3) is 0 Å². The van der Waals surface area contributed by atoms with Gasteiger partial charge in [0.15, 0.2) is 0 Å². The summed E-state index contributed by atoms with van der Waals surface area (Å²) in [7, 11) is 0. The zero-order chi connectivity index (χ0) is 16.5. The fourth-order valence-corrected chi connectivity index (χ4v) is 1.99. The van der Waals surface area contributed by atoms with Crippen LogP contribution in [-0.2, 0) is 14.3 Å². The van der Waals surface area contributed by atoms with Crippen LogP contribution in [0.15, 0.2) is 0 Å². The number of hydrogen-bond donors (Lipinski definition) is 4. The van der Waals surface area contributed by atoms with Gasteiger partial charge in [0.1, 0.15) is 24.9 Å². The van der Waals surface area contributed by atoms with Gasteiger partial charge in [0.05, 0.1) is 19.2 Å². The van der Waals surface area contributed by atoms with Gasteiger partial charge < -0.3 is 30.3 Å². The van der Waals surface area contributed by atoms with Crippen LogP contribution in [0.5, 0.6) is 0 Å². The average Bonchev–Trinajstić information content (AvgIpc) is 2.49. The van der Waals surface area contributed by atoms with Gasteiger partial charge >= 0.3 is 6.09 Å². The Kier molecular flexibility index (Phi) is 7.66. The Morgan fingerprint density at radius 2 is 2.14 bits per heavy atom. The van der Waals surface area contributed by atoms with E-state index in [2.05, 4.69) is 16.6 Å². The molecule has 1 saturated heterocycles. The SMILES string of the molecule is C#CCNC(=O)OC[C@H]1OC[C@H](NC(=O)CCC)[C@@H](O)[C@@H]1O. The number of terminal acetylenes is 1. The van der Waals surface area contributed by atoms with Crippen LogP contribution in [0.2, 0.25) is 0 Å². The van der Waals surface area contributed by atoms with Gasteiger partial charge in [0.2, 0.25) is 5.91 Å². The first-order valence-corrected chi connectivity index (χ1v) is 7.10. The third-order valence-corrected chi connectivity index (χ3v) is 3.17. The highest BCUT2D eigenvalue weighted by Crippen LogP contribution is 2.16. The largest absolute Gasteiger partial charge is 0.447 e. The topological polar surface area (TPSA) is 117 Å². The number of amides is 2. The van der Waals surface area contributed by atoms with Crippen molar-refractivity contribution in [3.05, 3.63) is 0 Å². The summed E-state index contributed by atoms with van der Waals surface area (Å²) in [6.07, 6.45) is 1.92. The maximum atomic E-state index is 11.5. The molecule has 1 fully saturated rings. The molecule has 0 unspecified atom stereocenters. The third-order valence-electron chi connectivity index (χ3n) is 3.17. The van der Waals surface area contributed by atoms with E-state index in [0.29, 0.717) is 12.8 Å². The molecular formula is C14H22N2O6. The molecule has 1 aliphatic heterocycles. The Labute approximate surface area is 129 Å². The maximum Gasteiger partial charge on any atom is 0.407 e. The van der Waals surface area contributed by atoms with E-state index in [9.17, 15) is 19.8 Å². The van der Waals surface area contributed by atoms with Crippen LogP contribution in [-0.4, -0.2) is 66.3 Å². The van der Waals surface area contributed by atoms with E-state index in [1.807, 2.05) is 6.92 Å². The van der Waals surface area contributed by atoms with Gasteiger partial charge in [-0.15, -0.1) is 6.42 Å². The molecule has 0 spiro atoms. The lowest BCUT2D eigenvalue weighted by Gasteiger charge is -2.37. The Balaban J connectivity index is 2.41. The summed E-state index contributed by atoms with van der Waals surface area (Å²) in [6.45, 7) is 1.68. The van der Waals surface area contributed by atoms with E-state index >= 15 is 0 Å². The summed E-state index contributed by atoms with van der Waals surface area (Å²) >= 11 is 0. The molecular weight excluding hydrogens is 292 g/mol. The normalized spacial score (nSPS) is 27.5. The summed E-state index contributed by atoms with van der Waals surface area (Å²) in [5.74, 6) is 2.00. The second kappa shape index (κ2) is 9.25. The Morgan fingerprint density at radius 3 is 2.77 bits per heavy atom. The molecule has 0 aromatic heterocycles. The number of nitrogens with one attached hydrogen (secondary N) is 2. The molecule has 0 aromatic carbocycles. The standard InChI is InChI=1S/C14H22N2O6/c1-3-5-11(17)16-9-7-21-10(13(19)12(9)18)8-22-14(20)15-6-4-2/h2,9-10,12-13,18-19H,3,5-8H2,1H3,(H,15,20)(H,16,17)/t9-,10+,12+,13+/m0/s1. The lowest BCUT2D eigenvalue weighted by atomic mass is 9.98. The molecule has 0 radical (unpaired) electrons. The highest BCUT2D eigenvalue weighted by Gasteiger charge is 2.39. The van der Waals surface area contributed by atoms with Crippen LogP contribution in [0.1, 0.15) is 19.8 Å². The van der Waals surface area contributed by atoms with Crippen LogP contribution in [0.25, 0.3) is 0 Å². The van der Waals surface area contributed by atoms with E-state index in [0.717, 1.165) is 0 Å². The number of carbonyl (C=O) groups excluding carboxylic acids is 2. The number of alkyl carbamates (subject to hydrolysis) is 1. The molecule has 22 heavy (non-hydrogen) atoms. The van der Waals surface area contributed by atoms with Crippen molar-refractivity contribution >= 4 is 12.0 Å². The fraction of sp³-hybridized carbons (Fsp3) is 0.714. The second-order valence-corrected chi connectivity index (χ2v) is 4.93. The van der Waals surface area contributed by atoms with Crippen molar-refractivity contribution in [3.8, 4) is 12.3 Å². The van der Waals surface area contributed by atoms with Crippen LogP contribution < -0.4 is 10.6 Å². The van der Waals surface area contributed by atoms with Crippen molar-refractivity contribution in [1.29, 1.82) is 0 Å². The molecule has 124 valence electrons. The monoisotopic (exact) mass is 314 g/mol. The molecule has 1 aliphatic rings. The van der Waals surface area contributed by atoms with Crippen LogP contribution in [0.4, 0.5) is 4.79 Å². The summed E-state index contributed by atoms with van der Waals surface area (Å²) in [5.41, 5.74) is 0. The average molecular weight is 314 g/mol. The predicted molar refractivity (Wildman–Crippen MR) is 76.8 cm³/mol. The molecule has 1 rings (SSSR count).